The number of benzene rings is 2. The van der Waals surface area contributed by atoms with Crippen LogP contribution in [0.3, 0.4) is 0 Å². The minimum Gasteiger partial charge on any atom is -0.381 e. The average Bonchev–Trinajstić information content (AvgIpc) is 2.78. The number of ether oxygens (including phenoxy) is 2. The van der Waals surface area contributed by atoms with Crippen LogP contribution in [0.1, 0.15) is 42.0 Å². The molecule has 0 radical (unpaired) electrons. The molecule has 0 atom stereocenters. The van der Waals surface area contributed by atoms with Crippen LogP contribution >= 0.6 is 24.0 Å². The Morgan fingerprint density at radius 1 is 1.12 bits per heavy atom. The molecular formula is C25H35FIN3O2. The van der Waals surface area contributed by atoms with Crippen molar-refractivity contribution in [1.29, 1.82) is 0 Å². The topological polar surface area (TPSA) is 54.9 Å². The van der Waals surface area contributed by atoms with Gasteiger partial charge in [0, 0.05) is 26.3 Å². The first kappa shape index (κ1) is 26.5. The molecule has 32 heavy (non-hydrogen) atoms. The number of aliphatic imine (C=N–C) groups is 1. The Balaban J connectivity index is 0.00000363. The number of aryl methyl sites for hydroxylation is 1. The molecule has 0 saturated carbocycles. The lowest BCUT2D eigenvalue weighted by molar-refractivity contribution is -0.0390. The van der Waals surface area contributed by atoms with Gasteiger partial charge in [-0.2, -0.15) is 0 Å². The lowest BCUT2D eigenvalue weighted by Crippen LogP contribution is -2.38. The zero-order chi connectivity index (χ0) is 21.9. The van der Waals surface area contributed by atoms with Crippen LogP contribution in [0.2, 0.25) is 0 Å². The van der Waals surface area contributed by atoms with E-state index >= 15 is 0 Å². The van der Waals surface area contributed by atoms with Crippen molar-refractivity contribution < 1.29 is 13.9 Å². The molecule has 0 aromatic heterocycles. The minimum absolute atomic E-state index is 0. The molecule has 1 heterocycles. The second-order valence-electron chi connectivity index (χ2n) is 7.89. The maximum Gasteiger partial charge on any atom is 0.191 e. The molecule has 2 N–H and O–H groups in total. The summed E-state index contributed by atoms with van der Waals surface area (Å²) in [6, 6.07) is 13.4. The highest BCUT2D eigenvalue weighted by Gasteiger charge is 2.14. The fourth-order valence-electron chi connectivity index (χ4n) is 3.64. The second-order valence-corrected chi connectivity index (χ2v) is 7.89. The van der Waals surface area contributed by atoms with Crippen molar-refractivity contribution in [3.05, 3.63) is 70.5 Å². The van der Waals surface area contributed by atoms with Gasteiger partial charge in [0.1, 0.15) is 5.82 Å². The van der Waals surface area contributed by atoms with Gasteiger partial charge in [0.2, 0.25) is 0 Å². The molecule has 1 aliphatic heterocycles. The van der Waals surface area contributed by atoms with Crippen LogP contribution in [0.5, 0.6) is 0 Å². The predicted octanol–water partition coefficient (Wildman–Crippen LogP) is 4.75. The van der Waals surface area contributed by atoms with Crippen molar-refractivity contribution in [2.24, 2.45) is 4.99 Å². The molecule has 0 unspecified atom stereocenters. The van der Waals surface area contributed by atoms with E-state index in [0.29, 0.717) is 19.3 Å². The smallest absolute Gasteiger partial charge is 0.191 e. The SMILES string of the molecule is CCNC(=NCc1cccc(COC2CCOCC2)c1)NCCc1ccc(F)cc1C.I. The van der Waals surface area contributed by atoms with E-state index in [0.717, 1.165) is 68.2 Å². The van der Waals surface area contributed by atoms with Crippen LogP contribution < -0.4 is 10.6 Å². The van der Waals surface area contributed by atoms with E-state index in [1.54, 1.807) is 6.07 Å². The number of guanidine groups is 1. The molecule has 1 saturated heterocycles. The zero-order valence-electron chi connectivity index (χ0n) is 19.0. The summed E-state index contributed by atoms with van der Waals surface area (Å²) in [6.07, 6.45) is 3.05. The van der Waals surface area contributed by atoms with Crippen molar-refractivity contribution in [3.63, 3.8) is 0 Å². The lowest BCUT2D eigenvalue weighted by Gasteiger charge is -2.22. The van der Waals surface area contributed by atoms with Crippen molar-refractivity contribution in [2.45, 2.75) is 52.4 Å². The monoisotopic (exact) mass is 555 g/mol. The summed E-state index contributed by atoms with van der Waals surface area (Å²) in [4.78, 5) is 4.72. The highest BCUT2D eigenvalue weighted by Crippen LogP contribution is 2.15. The molecule has 1 fully saturated rings. The first-order valence-electron chi connectivity index (χ1n) is 11.2. The maximum atomic E-state index is 13.3. The summed E-state index contributed by atoms with van der Waals surface area (Å²) >= 11 is 0. The standard InChI is InChI=1S/C25H34FN3O2.HI/c1-3-27-25(28-12-9-22-7-8-23(26)15-19(22)2)29-17-20-5-4-6-21(16-20)18-31-24-10-13-30-14-11-24;/h4-8,15-16,24H,3,9-14,17-18H2,1-2H3,(H2,27,28,29);1H. The number of nitrogens with one attached hydrogen (secondary N) is 2. The predicted molar refractivity (Wildman–Crippen MR) is 138 cm³/mol. The van der Waals surface area contributed by atoms with Crippen LogP contribution in [-0.4, -0.2) is 38.4 Å². The highest BCUT2D eigenvalue weighted by molar-refractivity contribution is 14.0. The number of rotatable bonds is 9. The Bertz CT molecular complexity index is 857. The van der Waals surface area contributed by atoms with E-state index in [2.05, 4.69) is 41.8 Å². The van der Waals surface area contributed by atoms with Gasteiger partial charge < -0.3 is 20.1 Å². The first-order chi connectivity index (χ1) is 15.1. The van der Waals surface area contributed by atoms with Gasteiger partial charge in [0.05, 0.1) is 19.3 Å². The number of halogens is 2. The molecule has 7 heteroatoms. The summed E-state index contributed by atoms with van der Waals surface area (Å²) in [5, 5.41) is 6.66. The van der Waals surface area contributed by atoms with Crippen LogP contribution in [0.4, 0.5) is 4.39 Å². The van der Waals surface area contributed by atoms with E-state index < -0.39 is 0 Å². The largest absolute Gasteiger partial charge is 0.381 e. The summed E-state index contributed by atoms with van der Waals surface area (Å²) < 4.78 is 24.7. The molecule has 1 aliphatic rings. The summed E-state index contributed by atoms with van der Waals surface area (Å²) in [7, 11) is 0. The van der Waals surface area contributed by atoms with Gasteiger partial charge in [-0.25, -0.2) is 9.38 Å². The Labute approximate surface area is 208 Å². The molecule has 2 aromatic carbocycles. The maximum absolute atomic E-state index is 13.3. The zero-order valence-corrected chi connectivity index (χ0v) is 21.4. The third-order valence-corrected chi connectivity index (χ3v) is 5.40. The minimum atomic E-state index is -0.190. The summed E-state index contributed by atoms with van der Waals surface area (Å²) in [5.74, 6) is 0.593. The van der Waals surface area contributed by atoms with Gasteiger partial charge >= 0.3 is 0 Å². The van der Waals surface area contributed by atoms with Gasteiger partial charge in [0.25, 0.3) is 0 Å². The van der Waals surface area contributed by atoms with Crippen LogP contribution in [0, 0.1) is 12.7 Å². The first-order valence-corrected chi connectivity index (χ1v) is 11.2. The highest BCUT2D eigenvalue weighted by atomic mass is 127. The molecule has 5 nitrogen and oxygen atoms in total. The Kier molecular flexibility index (Phi) is 12.0. The molecule has 0 spiro atoms. The van der Waals surface area contributed by atoms with Gasteiger partial charge in [-0.3, -0.25) is 0 Å². The molecular weight excluding hydrogens is 520 g/mol. The molecule has 0 bridgehead atoms. The van der Waals surface area contributed by atoms with Gasteiger partial charge in [-0.1, -0.05) is 30.3 Å². The third-order valence-electron chi connectivity index (χ3n) is 5.40. The van der Waals surface area contributed by atoms with Crippen molar-refractivity contribution in [2.75, 3.05) is 26.3 Å². The second kappa shape index (κ2) is 14.4. The van der Waals surface area contributed by atoms with Gasteiger partial charge in [-0.15, -0.1) is 24.0 Å². The molecule has 0 amide bonds. The van der Waals surface area contributed by atoms with Gasteiger partial charge in [0.15, 0.2) is 5.96 Å². The van der Waals surface area contributed by atoms with E-state index in [-0.39, 0.29) is 29.8 Å². The third kappa shape index (κ3) is 9.03. The number of hydrogen-bond donors (Lipinski definition) is 2. The van der Waals surface area contributed by atoms with Crippen LogP contribution in [0.15, 0.2) is 47.5 Å². The van der Waals surface area contributed by atoms with Crippen LogP contribution in [-0.2, 0) is 29.0 Å². The lowest BCUT2D eigenvalue weighted by atomic mass is 10.1. The molecule has 3 rings (SSSR count). The summed E-state index contributed by atoms with van der Waals surface area (Å²) in [6.45, 7) is 8.32. The Morgan fingerprint density at radius 2 is 1.91 bits per heavy atom. The van der Waals surface area contributed by atoms with Crippen molar-refractivity contribution >= 4 is 29.9 Å². The van der Waals surface area contributed by atoms with Gasteiger partial charge in [-0.05, 0) is 67.5 Å². The normalized spacial score (nSPS) is 14.7. The number of nitrogens with zero attached hydrogens (tertiary/aromatic N) is 1. The molecule has 0 aliphatic carbocycles. The Hall–Kier alpha value is -1.71. The molecule has 176 valence electrons. The van der Waals surface area contributed by atoms with E-state index in [1.807, 2.05) is 13.0 Å². The molecule has 2 aromatic rings. The van der Waals surface area contributed by atoms with Crippen molar-refractivity contribution in [1.82, 2.24) is 10.6 Å². The Morgan fingerprint density at radius 3 is 2.66 bits per heavy atom. The fourth-order valence-corrected chi connectivity index (χ4v) is 3.64. The van der Waals surface area contributed by atoms with E-state index in [1.165, 1.54) is 11.6 Å². The number of hydrogen-bond acceptors (Lipinski definition) is 3. The van der Waals surface area contributed by atoms with E-state index in [9.17, 15) is 4.39 Å². The van der Waals surface area contributed by atoms with Crippen LogP contribution in [0.25, 0.3) is 0 Å². The summed E-state index contributed by atoms with van der Waals surface area (Å²) in [5.41, 5.74) is 4.44. The van der Waals surface area contributed by atoms with Crippen molar-refractivity contribution in [3.8, 4) is 0 Å². The fraction of sp³-hybridized carbons (Fsp3) is 0.480. The average molecular weight is 555 g/mol. The quantitative estimate of drug-likeness (QED) is 0.267. The van der Waals surface area contributed by atoms with E-state index in [4.69, 9.17) is 14.5 Å².